The number of rotatable bonds is 9. The second-order valence-electron chi connectivity index (χ2n) is 8.64. The van der Waals surface area contributed by atoms with Gasteiger partial charge in [-0.3, -0.25) is 14.6 Å². The third-order valence-electron chi connectivity index (χ3n) is 6.12. The third kappa shape index (κ3) is 7.64. The lowest BCUT2D eigenvalue weighted by Crippen LogP contribution is -2.54. The second kappa shape index (κ2) is 13.9. The molecule has 10 heteroatoms. The van der Waals surface area contributed by atoms with Gasteiger partial charge in [-0.2, -0.15) is 0 Å². The van der Waals surface area contributed by atoms with Crippen LogP contribution < -0.4 is 20.7 Å². The Kier molecular flexibility index (Phi) is 11.3. The number of nitrogens with one attached hydrogen (secondary N) is 1. The van der Waals surface area contributed by atoms with Gasteiger partial charge >= 0.3 is 0 Å². The van der Waals surface area contributed by atoms with Crippen molar-refractivity contribution >= 4 is 42.3 Å². The lowest BCUT2D eigenvalue weighted by atomic mass is 9.99. The Labute approximate surface area is 228 Å². The molecule has 2 amide bonds. The summed E-state index contributed by atoms with van der Waals surface area (Å²) < 4.78 is 19.1. The van der Waals surface area contributed by atoms with Crippen molar-refractivity contribution in [2.24, 2.45) is 5.73 Å². The molecule has 1 unspecified atom stereocenters. The van der Waals surface area contributed by atoms with E-state index in [4.69, 9.17) is 10.5 Å². The van der Waals surface area contributed by atoms with Gasteiger partial charge in [0.1, 0.15) is 17.6 Å². The van der Waals surface area contributed by atoms with Crippen LogP contribution in [0.1, 0.15) is 23.2 Å². The molecule has 0 radical (unpaired) electrons. The summed E-state index contributed by atoms with van der Waals surface area (Å²) in [7, 11) is 1.62. The van der Waals surface area contributed by atoms with E-state index in [1.54, 1.807) is 42.5 Å². The number of amides is 2. The van der Waals surface area contributed by atoms with Crippen molar-refractivity contribution < 1.29 is 18.7 Å². The van der Waals surface area contributed by atoms with E-state index >= 15 is 0 Å². The number of nitrogens with two attached hydrogens (primary N) is 1. The van der Waals surface area contributed by atoms with E-state index in [9.17, 15) is 14.0 Å². The first-order valence-corrected chi connectivity index (χ1v) is 11.6. The van der Waals surface area contributed by atoms with Crippen LogP contribution in [0.2, 0.25) is 0 Å². The molecule has 0 bridgehead atoms. The monoisotopic (exact) mass is 548 g/mol. The fourth-order valence-corrected chi connectivity index (χ4v) is 4.31. The highest BCUT2D eigenvalue weighted by atomic mass is 35.5. The molecule has 0 fully saturated rings. The third-order valence-corrected chi connectivity index (χ3v) is 6.12. The van der Waals surface area contributed by atoms with Gasteiger partial charge < -0.3 is 20.7 Å². The van der Waals surface area contributed by atoms with Crippen LogP contribution in [0.15, 0.2) is 66.9 Å². The fraction of sp³-hybridized carbons (Fsp3) is 0.296. The number of nitrogens with zero attached hydrogens (tertiary/aromatic N) is 2. The molecule has 3 aromatic rings. The van der Waals surface area contributed by atoms with Crippen LogP contribution in [0, 0.1) is 5.82 Å². The van der Waals surface area contributed by atoms with Crippen LogP contribution in [0.3, 0.4) is 0 Å². The minimum absolute atomic E-state index is 0. The lowest BCUT2D eigenvalue weighted by molar-refractivity contribution is -0.128. The Morgan fingerprint density at radius 3 is 2.59 bits per heavy atom. The van der Waals surface area contributed by atoms with E-state index in [0.29, 0.717) is 24.9 Å². The summed E-state index contributed by atoms with van der Waals surface area (Å²) in [5.41, 5.74) is 9.14. The number of aromatic nitrogens is 1. The molecule has 37 heavy (non-hydrogen) atoms. The molecule has 0 aliphatic carbocycles. The molecule has 2 aromatic carbocycles. The number of halogens is 3. The quantitative estimate of drug-likeness (QED) is 0.425. The Balaban J connectivity index is 0.00000241. The van der Waals surface area contributed by atoms with Gasteiger partial charge in [-0.05, 0) is 54.3 Å². The Bertz CT molecular complexity index is 1200. The maximum atomic E-state index is 13.9. The number of anilines is 1. The van der Waals surface area contributed by atoms with Crippen LogP contribution in [0.5, 0.6) is 5.75 Å². The van der Waals surface area contributed by atoms with Crippen LogP contribution in [-0.4, -0.2) is 42.5 Å². The number of benzene rings is 2. The van der Waals surface area contributed by atoms with Crippen molar-refractivity contribution in [2.75, 3.05) is 18.6 Å². The number of fused-ring (bicyclic) bond motifs is 1. The van der Waals surface area contributed by atoms with E-state index in [0.717, 1.165) is 22.7 Å². The minimum atomic E-state index is -0.735. The second-order valence-corrected chi connectivity index (χ2v) is 8.64. The largest absolute Gasteiger partial charge is 0.497 e. The SMILES string of the molecule is COc1ccc(CCN2C(=O)C(NC(=O)C[C@H](N)Cc3ccccc3F)Cc3ncccc32)cc1.Cl.Cl. The molecule has 1 aliphatic heterocycles. The number of hydrogen-bond donors (Lipinski definition) is 2. The predicted octanol–water partition coefficient (Wildman–Crippen LogP) is 3.65. The predicted molar refractivity (Wildman–Crippen MR) is 146 cm³/mol. The molecule has 198 valence electrons. The molecular weight excluding hydrogens is 518 g/mol. The maximum absolute atomic E-state index is 13.9. The van der Waals surface area contributed by atoms with Crippen molar-refractivity contribution in [1.29, 1.82) is 0 Å². The number of carbonyl (C=O) groups excluding carboxylic acids is 2. The van der Waals surface area contributed by atoms with Gasteiger partial charge in [-0.25, -0.2) is 4.39 Å². The van der Waals surface area contributed by atoms with Crippen molar-refractivity contribution in [2.45, 2.75) is 37.8 Å². The standard InChI is InChI=1S/C27H29FN4O3.2ClH/c1-35-21-10-8-18(9-11-21)12-14-32-25-7-4-13-30-23(25)17-24(27(32)34)31-26(33)16-20(29)15-19-5-2-3-6-22(19)28;;/h2-11,13,20,24H,12,14-17,29H2,1H3,(H,31,33);2*1H/t20-,24?;;/m1../s1. The average Bonchev–Trinajstić information content (AvgIpc) is 2.85. The van der Waals surface area contributed by atoms with E-state index in [1.165, 1.54) is 6.07 Å². The highest BCUT2D eigenvalue weighted by molar-refractivity contribution is 6.01. The average molecular weight is 549 g/mol. The topological polar surface area (TPSA) is 97.5 Å². The summed E-state index contributed by atoms with van der Waals surface area (Å²) in [6, 6.07) is 16.4. The zero-order chi connectivity index (χ0) is 24.8. The van der Waals surface area contributed by atoms with Gasteiger partial charge in [0.15, 0.2) is 0 Å². The molecule has 3 N–H and O–H groups in total. The summed E-state index contributed by atoms with van der Waals surface area (Å²) in [4.78, 5) is 32.2. The lowest BCUT2D eigenvalue weighted by Gasteiger charge is -2.34. The van der Waals surface area contributed by atoms with E-state index < -0.39 is 12.1 Å². The molecule has 4 rings (SSSR count). The van der Waals surface area contributed by atoms with E-state index in [-0.39, 0.29) is 55.3 Å². The zero-order valence-electron chi connectivity index (χ0n) is 20.4. The number of pyridine rings is 1. The first kappa shape index (κ1) is 30.0. The summed E-state index contributed by atoms with van der Waals surface area (Å²) in [5.74, 6) is -0.106. The van der Waals surface area contributed by atoms with Crippen molar-refractivity contribution in [1.82, 2.24) is 10.3 Å². The van der Waals surface area contributed by atoms with Crippen molar-refractivity contribution in [3.63, 3.8) is 0 Å². The van der Waals surface area contributed by atoms with Gasteiger partial charge in [0.05, 0.1) is 18.5 Å². The molecule has 1 aliphatic rings. The fourth-order valence-electron chi connectivity index (χ4n) is 4.31. The van der Waals surface area contributed by atoms with Crippen LogP contribution in [0.25, 0.3) is 0 Å². The summed E-state index contributed by atoms with van der Waals surface area (Å²) in [6.07, 6.45) is 2.84. The summed E-state index contributed by atoms with van der Waals surface area (Å²) >= 11 is 0. The highest BCUT2D eigenvalue weighted by Gasteiger charge is 2.34. The zero-order valence-corrected chi connectivity index (χ0v) is 22.1. The molecule has 0 spiro atoms. The molecule has 0 saturated heterocycles. The van der Waals surface area contributed by atoms with Crippen LogP contribution >= 0.6 is 24.8 Å². The molecule has 2 heterocycles. The number of ether oxygens (including phenoxy) is 1. The summed E-state index contributed by atoms with van der Waals surface area (Å²) in [5, 5.41) is 2.82. The summed E-state index contributed by atoms with van der Waals surface area (Å²) in [6.45, 7) is 0.447. The first-order chi connectivity index (χ1) is 16.9. The van der Waals surface area contributed by atoms with E-state index in [2.05, 4.69) is 10.3 Å². The molecule has 7 nitrogen and oxygen atoms in total. The Morgan fingerprint density at radius 2 is 1.89 bits per heavy atom. The smallest absolute Gasteiger partial charge is 0.250 e. The van der Waals surface area contributed by atoms with Crippen molar-refractivity contribution in [3.05, 3.63) is 89.5 Å². The minimum Gasteiger partial charge on any atom is -0.497 e. The normalized spacial score (nSPS) is 15.1. The van der Waals surface area contributed by atoms with Gasteiger partial charge in [0, 0.05) is 31.6 Å². The van der Waals surface area contributed by atoms with E-state index in [1.807, 2.05) is 30.3 Å². The molecule has 0 saturated carbocycles. The molecule has 1 aromatic heterocycles. The number of carbonyl (C=O) groups is 2. The first-order valence-electron chi connectivity index (χ1n) is 11.6. The highest BCUT2D eigenvalue weighted by Crippen LogP contribution is 2.26. The van der Waals surface area contributed by atoms with Crippen molar-refractivity contribution in [3.8, 4) is 5.75 Å². The Morgan fingerprint density at radius 1 is 1.16 bits per heavy atom. The maximum Gasteiger partial charge on any atom is 0.250 e. The van der Waals surface area contributed by atoms with Crippen LogP contribution in [0.4, 0.5) is 10.1 Å². The van der Waals surface area contributed by atoms with Gasteiger partial charge in [0.2, 0.25) is 11.8 Å². The number of methoxy groups -OCH3 is 1. The van der Waals surface area contributed by atoms with Gasteiger partial charge in [0.25, 0.3) is 0 Å². The van der Waals surface area contributed by atoms with Crippen LogP contribution in [-0.2, 0) is 28.9 Å². The number of hydrogen-bond acceptors (Lipinski definition) is 5. The van der Waals surface area contributed by atoms with Gasteiger partial charge in [-0.1, -0.05) is 30.3 Å². The van der Waals surface area contributed by atoms with Gasteiger partial charge in [-0.15, -0.1) is 24.8 Å². The Hall–Kier alpha value is -3.20. The molecular formula is C27H31Cl2FN4O3. The molecule has 2 atom stereocenters.